The average molecular weight is 492 g/mol. The molecule has 0 saturated carbocycles. The number of carbonyl (C=O) groups is 1. The van der Waals surface area contributed by atoms with Gasteiger partial charge in [0.1, 0.15) is 11.8 Å². The maximum absolute atomic E-state index is 15.9. The first kappa shape index (κ1) is 24.6. The number of morpholine rings is 1. The molecule has 3 heterocycles. The fourth-order valence-corrected chi connectivity index (χ4v) is 4.13. The number of aryl methyl sites for hydroxylation is 3. The SMILES string of the molecule is Cc1cc(-c2ccc(N3CCO[C@@H](C(F)(F)F)C3)c(F)c2CNC(=O)c2conc2C)cc(C)n1. The van der Waals surface area contributed by atoms with Crippen LogP contribution in [-0.2, 0) is 11.3 Å². The molecule has 0 aliphatic carbocycles. The van der Waals surface area contributed by atoms with Crippen molar-refractivity contribution >= 4 is 11.6 Å². The summed E-state index contributed by atoms with van der Waals surface area (Å²) in [7, 11) is 0. The van der Waals surface area contributed by atoms with Gasteiger partial charge in [0.2, 0.25) is 0 Å². The summed E-state index contributed by atoms with van der Waals surface area (Å²) in [6, 6.07) is 6.68. The lowest BCUT2D eigenvalue weighted by Gasteiger charge is -2.35. The number of nitrogens with zero attached hydrogens (tertiary/aromatic N) is 3. The van der Waals surface area contributed by atoms with Crippen LogP contribution in [0.4, 0.5) is 23.2 Å². The number of amides is 1. The van der Waals surface area contributed by atoms with Crippen molar-refractivity contribution in [2.75, 3.05) is 24.6 Å². The monoisotopic (exact) mass is 492 g/mol. The predicted octanol–water partition coefficient (Wildman–Crippen LogP) is 4.50. The molecular weight excluding hydrogens is 468 g/mol. The predicted molar refractivity (Wildman–Crippen MR) is 120 cm³/mol. The van der Waals surface area contributed by atoms with Crippen LogP contribution in [0.1, 0.15) is 33.0 Å². The van der Waals surface area contributed by atoms with Crippen molar-refractivity contribution in [3.05, 3.63) is 64.6 Å². The number of pyridine rings is 1. The second-order valence-corrected chi connectivity index (χ2v) is 8.41. The summed E-state index contributed by atoms with van der Waals surface area (Å²) < 4.78 is 65.3. The van der Waals surface area contributed by atoms with Gasteiger partial charge in [0.25, 0.3) is 5.91 Å². The van der Waals surface area contributed by atoms with Gasteiger partial charge < -0.3 is 19.5 Å². The molecule has 1 aromatic carbocycles. The zero-order chi connectivity index (χ0) is 25.3. The van der Waals surface area contributed by atoms with Crippen molar-refractivity contribution in [3.63, 3.8) is 0 Å². The molecule has 2 aromatic heterocycles. The van der Waals surface area contributed by atoms with Crippen molar-refractivity contribution in [2.24, 2.45) is 0 Å². The van der Waals surface area contributed by atoms with E-state index in [-0.39, 0.29) is 36.5 Å². The highest BCUT2D eigenvalue weighted by atomic mass is 19.4. The molecule has 0 unspecified atom stereocenters. The van der Waals surface area contributed by atoms with Gasteiger partial charge in [0, 0.05) is 30.0 Å². The van der Waals surface area contributed by atoms with E-state index in [0.717, 1.165) is 11.4 Å². The van der Waals surface area contributed by atoms with Gasteiger partial charge >= 0.3 is 6.18 Å². The van der Waals surface area contributed by atoms with E-state index in [1.807, 2.05) is 13.8 Å². The number of nitrogens with one attached hydrogen (secondary N) is 1. The molecule has 1 aliphatic heterocycles. The number of aromatic nitrogens is 2. The Morgan fingerprint density at radius 3 is 2.54 bits per heavy atom. The second kappa shape index (κ2) is 9.65. The maximum atomic E-state index is 15.9. The third kappa shape index (κ3) is 5.29. The van der Waals surface area contributed by atoms with E-state index in [1.165, 1.54) is 17.2 Å². The minimum atomic E-state index is -4.56. The zero-order valence-electron chi connectivity index (χ0n) is 19.4. The van der Waals surface area contributed by atoms with E-state index >= 15 is 4.39 Å². The van der Waals surface area contributed by atoms with Crippen LogP contribution in [0.25, 0.3) is 11.1 Å². The number of hydrogen-bond acceptors (Lipinski definition) is 6. The summed E-state index contributed by atoms with van der Waals surface area (Å²) in [6.45, 7) is 4.40. The molecule has 0 bridgehead atoms. The van der Waals surface area contributed by atoms with Crippen LogP contribution in [0.2, 0.25) is 0 Å². The minimum Gasteiger partial charge on any atom is -0.365 e. The van der Waals surface area contributed by atoms with E-state index in [2.05, 4.69) is 15.5 Å². The summed E-state index contributed by atoms with van der Waals surface area (Å²) in [4.78, 5) is 18.3. The van der Waals surface area contributed by atoms with Gasteiger partial charge in [-0.05, 0) is 50.1 Å². The quantitative estimate of drug-likeness (QED) is 0.529. The number of hydrogen-bond donors (Lipinski definition) is 1. The lowest BCUT2D eigenvalue weighted by atomic mass is 9.97. The molecule has 35 heavy (non-hydrogen) atoms. The van der Waals surface area contributed by atoms with Gasteiger partial charge in [-0.3, -0.25) is 9.78 Å². The molecule has 0 radical (unpaired) electrons. The molecule has 1 N–H and O–H groups in total. The van der Waals surface area contributed by atoms with Crippen LogP contribution in [0, 0.1) is 26.6 Å². The van der Waals surface area contributed by atoms with Crippen molar-refractivity contribution in [3.8, 4) is 11.1 Å². The molecule has 0 spiro atoms. The molecule has 11 heteroatoms. The third-order valence-electron chi connectivity index (χ3n) is 5.81. The molecular formula is C24H24F4N4O3. The first-order valence-corrected chi connectivity index (χ1v) is 10.9. The number of carbonyl (C=O) groups excluding carboxylic acids is 1. The van der Waals surface area contributed by atoms with E-state index in [9.17, 15) is 18.0 Å². The van der Waals surface area contributed by atoms with Crippen LogP contribution in [0.15, 0.2) is 35.1 Å². The Hall–Kier alpha value is -3.47. The number of rotatable bonds is 5. The van der Waals surface area contributed by atoms with E-state index in [4.69, 9.17) is 9.26 Å². The Balaban J connectivity index is 1.72. The fourth-order valence-electron chi connectivity index (χ4n) is 4.13. The number of anilines is 1. The molecule has 1 fully saturated rings. The van der Waals surface area contributed by atoms with Gasteiger partial charge in [0.05, 0.1) is 24.5 Å². The van der Waals surface area contributed by atoms with Gasteiger partial charge in [-0.15, -0.1) is 0 Å². The minimum absolute atomic E-state index is 0.0132. The van der Waals surface area contributed by atoms with Gasteiger partial charge in [-0.25, -0.2) is 4.39 Å². The fraction of sp³-hybridized carbons (Fsp3) is 0.375. The summed E-state index contributed by atoms with van der Waals surface area (Å²) >= 11 is 0. The summed E-state index contributed by atoms with van der Waals surface area (Å²) in [5, 5.41) is 6.34. The topological polar surface area (TPSA) is 80.5 Å². The summed E-state index contributed by atoms with van der Waals surface area (Å²) in [5.74, 6) is -1.22. The third-order valence-corrected chi connectivity index (χ3v) is 5.81. The number of halogens is 4. The number of alkyl halides is 3. The molecule has 7 nitrogen and oxygen atoms in total. The van der Waals surface area contributed by atoms with Gasteiger partial charge in [0.15, 0.2) is 11.9 Å². The van der Waals surface area contributed by atoms with Crippen LogP contribution in [-0.4, -0.2) is 48.0 Å². The molecule has 4 rings (SSSR count). The van der Waals surface area contributed by atoms with Crippen molar-refractivity contribution in [1.29, 1.82) is 0 Å². The Kier molecular flexibility index (Phi) is 6.79. The van der Waals surface area contributed by atoms with Crippen LogP contribution in [0.5, 0.6) is 0 Å². The van der Waals surface area contributed by atoms with E-state index in [1.54, 1.807) is 25.1 Å². The van der Waals surface area contributed by atoms with Gasteiger partial charge in [-0.1, -0.05) is 11.2 Å². The van der Waals surface area contributed by atoms with Crippen LogP contribution < -0.4 is 10.2 Å². The molecule has 1 amide bonds. The highest BCUT2D eigenvalue weighted by Crippen LogP contribution is 2.35. The maximum Gasteiger partial charge on any atom is 0.416 e. The summed E-state index contributed by atoms with van der Waals surface area (Å²) in [5.41, 5.74) is 3.37. The molecule has 186 valence electrons. The normalized spacial score (nSPS) is 16.4. The van der Waals surface area contributed by atoms with Crippen molar-refractivity contribution in [1.82, 2.24) is 15.5 Å². The lowest BCUT2D eigenvalue weighted by Crippen LogP contribution is -2.49. The second-order valence-electron chi connectivity index (χ2n) is 8.41. The Morgan fingerprint density at radius 2 is 1.91 bits per heavy atom. The van der Waals surface area contributed by atoms with E-state index < -0.39 is 30.5 Å². The average Bonchev–Trinajstić information content (AvgIpc) is 3.22. The smallest absolute Gasteiger partial charge is 0.365 e. The Labute approximate surface area is 199 Å². The Bertz CT molecular complexity index is 1220. The van der Waals surface area contributed by atoms with E-state index in [0.29, 0.717) is 16.8 Å². The number of benzene rings is 1. The molecule has 1 atom stereocenters. The lowest BCUT2D eigenvalue weighted by molar-refractivity contribution is -0.221. The van der Waals surface area contributed by atoms with Crippen LogP contribution in [0.3, 0.4) is 0 Å². The first-order valence-electron chi connectivity index (χ1n) is 10.9. The van der Waals surface area contributed by atoms with Crippen molar-refractivity contribution in [2.45, 2.75) is 39.6 Å². The number of ether oxygens (including phenoxy) is 1. The zero-order valence-corrected chi connectivity index (χ0v) is 19.4. The molecule has 1 saturated heterocycles. The molecule has 1 aliphatic rings. The Morgan fingerprint density at radius 1 is 1.20 bits per heavy atom. The first-order chi connectivity index (χ1) is 16.5. The van der Waals surface area contributed by atoms with Gasteiger partial charge in [-0.2, -0.15) is 13.2 Å². The molecule has 3 aromatic rings. The highest BCUT2D eigenvalue weighted by molar-refractivity contribution is 5.94. The highest BCUT2D eigenvalue weighted by Gasteiger charge is 2.43. The summed E-state index contributed by atoms with van der Waals surface area (Å²) in [6.07, 6.45) is -5.38. The van der Waals surface area contributed by atoms with Crippen molar-refractivity contribution < 1.29 is 31.6 Å². The standard InChI is InChI=1S/C24H24F4N4O3/c1-13-8-16(9-14(2)30-13)17-4-5-20(32-6-7-34-21(11-32)24(26,27)28)22(25)18(17)10-29-23(33)19-12-35-31-15(19)3/h4-5,8-9,12,21H,6-7,10-11H2,1-3H3,(H,29,33)/t21-/m1/s1. The van der Waals surface area contributed by atoms with Crippen LogP contribution >= 0.6 is 0 Å². The largest absolute Gasteiger partial charge is 0.416 e.